The minimum Gasteiger partial charge on any atom is -0.399 e. The average molecular weight is 443 g/mol. The van der Waals surface area contributed by atoms with E-state index in [2.05, 4.69) is 116 Å². The molecule has 168 valence electrons. The number of nitrogens with zero attached hydrogens (tertiary/aromatic N) is 1. The Labute approximate surface area is 201 Å². The Bertz CT molecular complexity index is 1500. The first-order valence-corrected chi connectivity index (χ1v) is 12.3. The van der Waals surface area contributed by atoms with E-state index in [1.165, 1.54) is 49.5 Å². The molecule has 2 nitrogen and oxygen atoms in total. The summed E-state index contributed by atoms with van der Waals surface area (Å²) >= 11 is 0. The Morgan fingerprint density at radius 3 is 2.21 bits per heavy atom. The number of fused-ring (bicyclic) bond motifs is 4. The van der Waals surface area contributed by atoms with Crippen LogP contribution in [-0.4, -0.2) is 7.05 Å². The second-order valence-electron chi connectivity index (χ2n) is 9.59. The van der Waals surface area contributed by atoms with Gasteiger partial charge in [-0.1, -0.05) is 80.1 Å². The Balaban J connectivity index is 1.59. The highest BCUT2D eigenvalue weighted by atomic mass is 15.1. The van der Waals surface area contributed by atoms with Gasteiger partial charge in [-0.2, -0.15) is 0 Å². The fraction of sp³-hybridized carbons (Fsp3) is 0.188. The number of rotatable bonds is 4. The number of nitrogen functional groups attached to an aromatic ring is 1. The molecule has 0 spiro atoms. The van der Waals surface area contributed by atoms with E-state index in [4.69, 9.17) is 5.73 Å². The third-order valence-corrected chi connectivity index (χ3v) is 7.70. The zero-order valence-electron chi connectivity index (χ0n) is 19.8. The molecular weight excluding hydrogens is 412 g/mol. The second-order valence-corrected chi connectivity index (χ2v) is 9.59. The molecule has 0 saturated heterocycles. The summed E-state index contributed by atoms with van der Waals surface area (Å²) < 4.78 is 0. The van der Waals surface area contributed by atoms with Gasteiger partial charge in [0.1, 0.15) is 0 Å². The van der Waals surface area contributed by atoms with E-state index in [1.54, 1.807) is 0 Å². The summed E-state index contributed by atoms with van der Waals surface area (Å²) in [5, 5.41) is 5.17. The fourth-order valence-corrected chi connectivity index (χ4v) is 6.07. The first-order chi connectivity index (χ1) is 16.7. The van der Waals surface area contributed by atoms with Crippen molar-refractivity contribution in [1.82, 2.24) is 0 Å². The van der Waals surface area contributed by atoms with E-state index in [0.717, 1.165) is 18.5 Å². The van der Waals surface area contributed by atoms with E-state index in [1.807, 2.05) is 0 Å². The monoisotopic (exact) mass is 442 g/mol. The summed E-state index contributed by atoms with van der Waals surface area (Å²) in [5.74, 6) is 0.549. The molecule has 2 heteroatoms. The van der Waals surface area contributed by atoms with Crippen molar-refractivity contribution in [2.45, 2.75) is 25.8 Å². The lowest BCUT2D eigenvalue weighted by Gasteiger charge is -2.32. The summed E-state index contributed by atoms with van der Waals surface area (Å²) in [4.78, 5) is 2.45. The lowest BCUT2D eigenvalue weighted by molar-refractivity contribution is 0.438. The van der Waals surface area contributed by atoms with Crippen molar-refractivity contribution in [3.8, 4) is 11.1 Å². The number of nitrogens with two attached hydrogens (primary N) is 1. The molecule has 0 amide bonds. The van der Waals surface area contributed by atoms with Gasteiger partial charge in [-0.25, -0.2) is 0 Å². The Morgan fingerprint density at radius 1 is 0.765 bits per heavy atom. The van der Waals surface area contributed by atoms with Gasteiger partial charge >= 0.3 is 0 Å². The van der Waals surface area contributed by atoms with Crippen LogP contribution in [0.4, 0.5) is 11.4 Å². The average Bonchev–Trinajstić information content (AvgIpc) is 3.26. The minimum atomic E-state index is 0.316. The van der Waals surface area contributed by atoms with Crippen molar-refractivity contribution in [2.24, 2.45) is 5.92 Å². The fourth-order valence-electron chi connectivity index (χ4n) is 6.07. The van der Waals surface area contributed by atoms with E-state index < -0.39 is 0 Å². The second kappa shape index (κ2) is 8.22. The van der Waals surface area contributed by atoms with E-state index in [-0.39, 0.29) is 0 Å². The third kappa shape index (κ3) is 3.25. The predicted molar refractivity (Wildman–Crippen MR) is 146 cm³/mol. The summed E-state index contributed by atoms with van der Waals surface area (Å²) in [6.45, 7) is 2.32. The number of para-hydroxylation sites is 1. The molecular formula is C32H30N2. The first kappa shape index (κ1) is 20.8. The topological polar surface area (TPSA) is 29.3 Å². The van der Waals surface area contributed by atoms with Crippen molar-refractivity contribution in [3.63, 3.8) is 0 Å². The minimum absolute atomic E-state index is 0.316. The number of hydrogen-bond acceptors (Lipinski definition) is 2. The normalized spacial score (nSPS) is 17.2. The van der Waals surface area contributed by atoms with Crippen molar-refractivity contribution in [3.05, 3.63) is 108 Å². The number of anilines is 2. The summed E-state index contributed by atoms with van der Waals surface area (Å²) in [5.41, 5.74) is 14.1. The smallest absolute Gasteiger partial charge is 0.0574 e. The lowest BCUT2D eigenvalue weighted by Crippen LogP contribution is -2.27. The SMILES string of the molecule is CCC1Cc2c(-c3cc4ccccc4c4ccccc34)cc(N)cc2C1N(C)c1ccccc1. The molecule has 0 aromatic heterocycles. The predicted octanol–water partition coefficient (Wildman–Crippen LogP) is 8.00. The van der Waals surface area contributed by atoms with Crippen LogP contribution in [-0.2, 0) is 6.42 Å². The molecule has 34 heavy (non-hydrogen) atoms. The Hall–Kier alpha value is -3.78. The molecule has 0 heterocycles. The van der Waals surface area contributed by atoms with Crippen LogP contribution in [0.15, 0.2) is 97.1 Å². The Morgan fingerprint density at radius 2 is 1.44 bits per heavy atom. The lowest BCUT2D eigenvalue weighted by atomic mass is 9.89. The van der Waals surface area contributed by atoms with Gasteiger partial charge < -0.3 is 10.6 Å². The standard InChI is InChI=1S/C32H30N2/c1-3-21-17-29-30(19-23(33)20-31(29)32(21)34(2)24-12-5-4-6-13-24)28-18-22-11-7-8-14-25(22)26-15-9-10-16-27(26)28/h4-16,18-21,32H,3,17,33H2,1-2H3. The highest BCUT2D eigenvalue weighted by Gasteiger charge is 2.36. The maximum atomic E-state index is 6.60. The highest BCUT2D eigenvalue weighted by Crippen LogP contribution is 2.48. The van der Waals surface area contributed by atoms with Gasteiger partial charge in [-0.15, -0.1) is 0 Å². The molecule has 0 aliphatic heterocycles. The van der Waals surface area contributed by atoms with E-state index in [0.29, 0.717) is 12.0 Å². The highest BCUT2D eigenvalue weighted by molar-refractivity contribution is 6.14. The van der Waals surface area contributed by atoms with Gasteiger partial charge in [0, 0.05) is 18.4 Å². The molecule has 1 aliphatic rings. The van der Waals surface area contributed by atoms with Gasteiger partial charge in [0.15, 0.2) is 0 Å². The maximum absolute atomic E-state index is 6.60. The molecule has 2 unspecified atom stereocenters. The van der Waals surface area contributed by atoms with Gasteiger partial charge in [0.05, 0.1) is 6.04 Å². The summed E-state index contributed by atoms with van der Waals surface area (Å²) in [6.07, 6.45) is 2.21. The molecule has 1 aliphatic carbocycles. The summed E-state index contributed by atoms with van der Waals surface area (Å²) in [7, 11) is 2.23. The van der Waals surface area contributed by atoms with Crippen molar-refractivity contribution >= 4 is 32.9 Å². The van der Waals surface area contributed by atoms with Crippen LogP contribution in [0, 0.1) is 5.92 Å². The molecule has 0 bridgehead atoms. The summed E-state index contributed by atoms with van der Waals surface area (Å²) in [6, 6.07) is 35.3. The van der Waals surface area contributed by atoms with Crippen LogP contribution in [0.3, 0.4) is 0 Å². The number of benzene rings is 5. The number of hydrogen-bond donors (Lipinski definition) is 1. The van der Waals surface area contributed by atoms with E-state index >= 15 is 0 Å². The van der Waals surface area contributed by atoms with Crippen LogP contribution < -0.4 is 10.6 Å². The van der Waals surface area contributed by atoms with E-state index in [9.17, 15) is 0 Å². The van der Waals surface area contributed by atoms with Crippen molar-refractivity contribution < 1.29 is 0 Å². The van der Waals surface area contributed by atoms with Crippen LogP contribution in [0.2, 0.25) is 0 Å². The molecule has 0 radical (unpaired) electrons. The van der Waals surface area contributed by atoms with Gasteiger partial charge in [0.25, 0.3) is 0 Å². The van der Waals surface area contributed by atoms with Crippen LogP contribution in [0.5, 0.6) is 0 Å². The zero-order chi connectivity index (χ0) is 23.2. The maximum Gasteiger partial charge on any atom is 0.0574 e. The largest absolute Gasteiger partial charge is 0.399 e. The van der Waals surface area contributed by atoms with Gasteiger partial charge in [-0.05, 0) is 86.5 Å². The molecule has 2 N–H and O–H groups in total. The molecule has 6 rings (SSSR count). The quantitative estimate of drug-likeness (QED) is 0.226. The molecule has 5 aromatic rings. The van der Waals surface area contributed by atoms with Crippen LogP contribution >= 0.6 is 0 Å². The third-order valence-electron chi connectivity index (χ3n) is 7.70. The van der Waals surface area contributed by atoms with Crippen LogP contribution in [0.25, 0.3) is 32.7 Å². The van der Waals surface area contributed by atoms with Gasteiger partial charge in [0.2, 0.25) is 0 Å². The Kier molecular flexibility index (Phi) is 5.03. The zero-order valence-corrected chi connectivity index (χ0v) is 19.8. The van der Waals surface area contributed by atoms with Crippen LogP contribution in [0.1, 0.15) is 30.5 Å². The van der Waals surface area contributed by atoms with Crippen molar-refractivity contribution in [2.75, 3.05) is 17.7 Å². The molecule has 0 saturated carbocycles. The molecule has 5 aromatic carbocycles. The first-order valence-electron chi connectivity index (χ1n) is 12.3. The molecule has 0 fully saturated rings. The molecule has 2 atom stereocenters. The van der Waals surface area contributed by atoms with Gasteiger partial charge in [-0.3, -0.25) is 0 Å². The van der Waals surface area contributed by atoms with Crippen molar-refractivity contribution in [1.29, 1.82) is 0 Å².